The number of imidazole rings is 1. The van der Waals surface area contributed by atoms with Crippen molar-refractivity contribution >= 4 is 33.9 Å². The highest BCUT2D eigenvalue weighted by Gasteiger charge is 2.15. The van der Waals surface area contributed by atoms with Crippen LogP contribution in [0.25, 0.3) is 16.6 Å². The zero-order chi connectivity index (χ0) is 22.8. The Kier molecular flexibility index (Phi) is 5.88. The van der Waals surface area contributed by atoms with Gasteiger partial charge in [0, 0.05) is 31.5 Å². The maximum atomic E-state index is 13.6. The van der Waals surface area contributed by atoms with E-state index in [4.69, 9.17) is 17.3 Å². The minimum absolute atomic E-state index is 0.233. The summed E-state index contributed by atoms with van der Waals surface area (Å²) in [5, 5.41) is 0.717. The fraction of sp³-hybridized carbons (Fsp3) is 0.148. The summed E-state index contributed by atoms with van der Waals surface area (Å²) in [5.74, 6) is -0.233. The molecule has 0 radical (unpaired) electrons. The first-order chi connectivity index (χ1) is 16.0. The Hall–Kier alpha value is -3.57. The fourth-order valence-electron chi connectivity index (χ4n) is 4.14. The van der Waals surface area contributed by atoms with Gasteiger partial charge in [-0.05, 0) is 65.1 Å². The molecule has 1 aliphatic rings. The molecule has 5 rings (SSSR count). The van der Waals surface area contributed by atoms with Crippen molar-refractivity contribution in [2.75, 3.05) is 18.8 Å². The highest BCUT2D eigenvalue weighted by atomic mass is 35.5. The molecule has 0 saturated heterocycles. The van der Waals surface area contributed by atoms with Gasteiger partial charge >= 0.3 is 0 Å². The molecule has 1 aromatic heterocycles. The van der Waals surface area contributed by atoms with Crippen molar-refractivity contribution in [1.82, 2.24) is 14.5 Å². The molecule has 0 saturated carbocycles. The van der Waals surface area contributed by atoms with Gasteiger partial charge < -0.3 is 15.2 Å². The van der Waals surface area contributed by atoms with Gasteiger partial charge in [-0.1, -0.05) is 48.0 Å². The standard InChI is InChI=1S/C27H24ClFN4/c28-25-17-32(12-10-19-4-7-23(30)8-5-19)13-11-24(25)21-6-9-26-27(15-21)33(18-31-26)16-20-2-1-3-22(29)14-20/h1-9,11,14-15,17-18H,10,12-13,16,30H2. The second kappa shape index (κ2) is 9.12. The Balaban J connectivity index is 1.32. The van der Waals surface area contributed by atoms with Gasteiger partial charge in [-0.2, -0.15) is 0 Å². The van der Waals surface area contributed by atoms with Gasteiger partial charge in [0.25, 0.3) is 0 Å². The highest BCUT2D eigenvalue weighted by Crippen LogP contribution is 2.31. The lowest BCUT2D eigenvalue weighted by molar-refractivity contribution is 0.416. The molecule has 3 aromatic carbocycles. The maximum absolute atomic E-state index is 13.6. The second-order valence-electron chi connectivity index (χ2n) is 8.29. The van der Waals surface area contributed by atoms with E-state index in [-0.39, 0.29) is 5.82 Å². The fourth-order valence-corrected chi connectivity index (χ4v) is 4.46. The van der Waals surface area contributed by atoms with E-state index in [0.717, 1.165) is 52.9 Å². The van der Waals surface area contributed by atoms with Gasteiger partial charge in [-0.3, -0.25) is 0 Å². The van der Waals surface area contributed by atoms with Crippen LogP contribution in [0.2, 0.25) is 0 Å². The summed E-state index contributed by atoms with van der Waals surface area (Å²) >= 11 is 6.70. The smallest absolute Gasteiger partial charge is 0.123 e. The van der Waals surface area contributed by atoms with Crippen molar-refractivity contribution in [2.24, 2.45) is 0 Å². The minimum Gasteiger partial charge on any atom is -0.399 e. The van der Waals surface area contributed by atoms with Crippen LogP contribution in [0, 0.1) is 5.82 Å². The number of anilines is 1. The zero-order valence-electron chi connectivity index (χ0n) is 18.1. The Morgan fingerprint density at radius 3 is 2.64 bits per heavy atom. The van der Waals surface area contributed by atoms with Crippen LogP contribution in [-0.4, -0.2) is 27.5 Å². The number of hydrogen-bond donors (Lipinski definition) is 1. The van der Waals surface area contributed by atoms with E-state index in [9.17, 15) is 4.39 Å². The quantitative estimate of drug-likeness (QED) is 0.370. The van der Waals surface area contributed by atoms with Crippen LogP contribution in [0.4, 0.5) is 10.1 Å². The lowest BCUT2D eigenvalue weighted by atomic mass is 10.0. The molecule has 2 heterocycles. The topological polar surface area (TPSA) is 47.1 Å². The number of allylic oxidation sites excluding steroid dienone is 2. The Morgan fingerprint density at radius 2 is 1.85 bits per heavy atom. The number of benzene rings is 3. The summed E-state index contributed by atoms with van der Waals surface area (Å²) in [4.78, 5) is 6.72. The Labute approximate surface area is 197 Å². The van der Waals surface area contributed by atoms with E-state index in [1.165, 1.54) is 11.6 Å². The first-order valence-electron chi connectivity index (χ1n) is 10.9. The average molecular weight is 459 g/mol. The summed E-state index contributed by atoms with van der Waals surface area (Å²) < 4.78 is 15.6. The van der Waals surface area contributed by atoms with Crippen LogP contribution < -0.4 is 5.73 Å². The van der Waals surface area contributed by atoms with Crippen LogP contribution in [0.5, 0.6) is 0 Å². The van der Waals surface area contributed by atoms with Gasteiger partial charge in [0.05, 0.1) is 22.4 Å². The zero-order valence-corrected chi connectivity index (χ0v) is 18.8. The van der Waals surface area contributed by atoms with Crippen molar-refractivity contribution in [3.8, 4) is 0 Å². The van der Waals surface area contributed by atoms with Crippen LogP contribution >= 0.6 is 11.6 Å². The number of halogens is 2. The predicted octanol–water partition coefficient (Wildman–Crippen LogP) is 5.83. The van der Waals surface area contributed by atoms with Gasteiger partial charge in [0.15, 0.2) is 0 Å². The van der Waals surface area contributed by atoms with Gasteiger partial charge in [-0.15, -0.1) is 0 Å². The summed E-state index contributed by atoms with van der Waals surface area (Å²) in [6.45, 7) is 2.23. The third-order valence-corrected chi connectivity index (χ3v) is 6.23. The third-order valence-electron chi connectivity index (χ3n) is 5.92. The molecule has 0 atom stereocenters. The molecule has 166 valence electrons. The molecule has 4 aromatic rings. The van der Waals surface area contributed by atoms with Crippen molar-refractivity contribution in [3.05, 3.63) is 113 Å². The van der Waals surface area contributed by atoms with E-state index in [1.807, 2.05) is 41.1 Å². The number of nitrogen functional groups attached to an aromatic ring is 1. The summed E-state index contributed by atoms with van der Waals surface area (Å²) in [6.07, 6.45) is 6.91. The van der Waals surface area contributed by atoms with Crippen LogP contribution in [0.3, 0.4) is 0 Å². The average Bonchev–Trinajstić information content (AvgIpc) is 3.21. The van der Waals surface area contributed by atoms with Gasteiger partial charge in [0.1, 0.15) is 5.82 Å². The van der Waals surface area contributed by atoms with Crippen molar-refractivity contribution in [1.29, 1.82) is 0 Å². The van der Waals surface area contributed by atoms with E-state index in [1.54, 1.807) is 18.5 Å². The van der Waals surface area contributed by atoms with Crippen molar-refractivity contribution in [2.45, 2.75) is 13.0 Å². The number of fused-ring (bicyclic) bond motifs is 1. The predicted molar refractivity (Wildman–Crippen MR) is 133 cm³/mol. The molecular weight excluding hydrogens is 435 g/mol. The molecule has 0 fully saturated rings. The number of nitrogens with zero attached hydrogens (tertiary/aromatic N) is 3. The van der Waals surface area contributed by atoms with E-state index < -0.39 is 0 Å². The number of aromatic nitrogens is 2. The molecule has 4 nitrogen and oxygen atoms in total. The lowest BCUT2D eigenvalue weighted by Gasteiger charge is -2.25. The Morgan fingerprint density at radius 1 is 1.00 bits per heavy atom. The molecule has 33 heavy (non-hydrogen) atoms. The molecule has 0 amide bonds. The molecule has 0 bridgehead atoms. The lowest BCUT2D eigenvalue weighted by Crippen LogP contribution is -2.23. The van der Waals surface area contributed by atoms with E-state index >= 15 is 0 Å². The molecule has 6 heteroatoms. The van der Waals surface area contributed by atoms with Gasteiger partial charge in [0.2, 0.25) is 0 Å². The number of nitrogens with two attached hydrogens (primary N) is 1. The molecule has 1 aliphatic heterocycles. The highest BCUT2D eigenvalue weighted by molar-refractivity contribution is 6.37. The van der Waals surface area contributed by atoms with Gasteiger partial charge in [-0.25, -0.2) is 9.37 Å². The Bertz CT molecular complexity index is 1350. The van der Waals surface area contributed by atoms with Crippen LogP contribution in [-0.2, 0) is 13.0 Å². The number of hydrogen-bond acceptors (Lipinski definition) is 3. The molecule has 2 N–H and O–H groups in total. The van der Waals surface area contributed by atoms with E-state index in [0.29, 0.717) is 11.6 Å². The van der Waals surface area contributed by atoms with Crippen LogP contribution in [0.1, 0.15) is 16.7 Å². The number of rotatable bonds is 6. The molecule has 0 unspecified atom stereocenters. The van der Waals surface area contributed by atoms with Crippen molar-refractivity contribution < 1.29 is 4.39 Å². The molecular formula is C27H24ClFN4. The maximum Gasteiger partial charge on any atom is 0.123 e. The minimum atomic E-state index is -0.233. The summed E-state index contributed by atoms with van der Waals surface area (Å²) in [6, 6.07) is 20.8. The monoisotopic (exact) mass is 458 g/mol. The molecule has 0 spiro atoms. The largest absolute Gasteiger partial charge is 0.399 e. The first-order valence-corrected chi connectivity index (χ1v) is 11.3. The second-order valence-corrected chi connectivity index (χ2v) is 8.69. The molecule has 0 aliphatic carbocycles. The summed E-state index contributed by atoms with van der Waals surface area (Å²) in [7, 11) is 0. The normalized spacial score (nSPS) is 13.8. The van der Waals surface area contributed by atoms with Crippen molar-refractivity contribution in [3.63, 3.8) is 0 Å². The summed E-state index contributed by atoms with van der Waals surface area (Å²) in [5.41, 5.74) is 12.6. The third kappa shape index (κ3) is 4.78. The van der Waals surface area contributed by atoms with E-state index in [2.05, 4.69) is 34.2 Å². The SMILES string of the molecule is Nc1ccc(CCN2C=C(Cl)C(c3ccc4ncn(Cc5cccc(F)c5)c4c3)=CC2)cc1. The first kappa shape index (κ1) is 21.3. The van der Waals surface area contributed by atoms with Crippen LogP contribution in [0.15, 0.2) is 90.4 Å².